The third-order valence-corrected chi connectivity index (χ3v) is 4.75. The highest BCUT2D eigenvalue weighted by Gasteiger charge is 2.20. The van der Waals surface area contributed by atoms with E-state index in [9.17, 15) is 9.59 Å². The molecule has 146 valence electrons. The summed E-state index contributed by atoms with van der Waals surface area (Å²) >= 11 is 0. The predicted molar refractivity (Wildman–Crippen MR) is 109 cm³/mol. The van der Waals surface area contributed by atoms with Crippen molar-refractivity contribution >= 4 is 28.5 Å². The van der Waals surface area contributed by atoms with Gasteiger partial charge in [0.25, 0.3) is 5.91 Å². The zero-order chi connectivity index (χ0) is 20.4. The zero-order valence-electron chi connectivity index (χ0n) is 16.9. The summed E-state index contributed by atoms with van der Waals surface area (Å²) in [5.41, 5.74) is 6.42. The lowest BCUT2D eigenvalue weighted by molar-refractivity contribution is -0.152. The number of esters is 1. The van der Waals surface area contributed by atoms with Gasteiger partial charge in [0.2, 0.25) is 0 Å². The first-order valence-corrected chi connectivity index (χ1v) is 9.29. The Morgan fingerprint density at radius 3 is 2.39 bits per heavy atom. The van der Waals surface area contributed by atoms with Crippen LogP contribution in [0.1, 0.15) is 34.7 Å². The maximum Gasteiger partial charge on any atom is 0.311 e. The fourth-order valence-corrected chi connectivity index (χ4v) is 3.38. The van der Waals surface area contributed by atoms with E-state index >= 15 is 0 Å². The van der Waals surface area contributed by atoms with E-state index in [0.717, 1.165) is 44.5 Å². The smallest absolute Gasteiger partial charge is 0.311 e. The number of fused-ring (bicyclic) bond motifs is 1. The van der Waals surface area contributed by atoms with E-state index in [4.69, 9.17) is 9.15 Å². The van der Waals surface area contributed by atoms with Crippen molar-refractivity contribution in [1.82, 2.24) is 0 Å². The number of hydrogen-bond donors (Lipinski definition) is 1. The number of benzene rings is 2. The van der Waals surface area contributed by atoms with Crippen molar-refractivity contribution in [1.29, 1.82) is 0 Å². The molecule has 0 aliphatic carbocycles. The van der Waals surface area contributed by atoms with Crippen LogP contribution in [0.4, 0.5) is 5.69 Å². The van der Waals surface area contributed by atoms with Gasteiger partial charge in [-0.05, 0) is 57.4 Å². The summed E-state index contributed by atoms with van der Waals surface area (Å²) in [6.07, 6.45) is 0.721. The van der Waals surface area contributed by atoms with Crippen LogP contribution in [0, 0.1) is 27.7 Å². The first-order chi connectivity index (χ1) is 13.2. The molecule has 1 amide bonds. The summed E-state index contributed by atoms with van der Waals surface area (Å²) in [6, 6.07) is 9.83. The largest absolute Gasteiger partial charge is 0.464 e. The zero-order valence-corrected chi connectivity index (χ0v) is 16.9. The second kappa shape index (κ2) is 7.89. The standard InChI is InChI=1S/C23H25NO4/c1-13-6-7-19-18(12-27-20(19)10-13)11-21(25)28-17(5)23(26)24-22-15(3)8-14(2)9-16(22)4/h6-10,12,17H,11H2,1-5H3,(H,24,26)/t17-/m0/s1. The van der Waals surface area contributed by atoms with Gasteiger partial charge in [0.1, 0.15) is 5.58 Å². The molecule has 5 nitrogen and oxygen atoms in total. The van der Waals surface area contributed by atoms with Gasteiger partial charge in [-0.2, -0.15) is 0 Å². The number of furan rings is 1. The number of ether oxygens (including phenoxy) is 1. The van der Waals surface area contributed by atoms with Gasteiger partial charge in [0.15, 0.2) is 6.10 Å². The third-order valence-electron chi connectivity index (χ3n) is 4.75. The van der Waals surface area contributed by atoms with Gasteiger partial charge in [0.05, 0.1) is 12.7 Å². The summed E-state index contributed by atoms with van der Waals surface area (Å²) < 4.78 is 10.9. The molecular formula is C23H25NO4. The summed E-state index contributed by atoms with van der Waals surface area (Å²) in [7, 11) is 0. The molecule has 0 saturated carbocycles. The van der Waals surface area contributed by atoms with Crippen molar-refractivity contribution in [3.05, 3.63) is 64.4 Å². The van der Waals surface area contributed by atoms with Crippen LogP contribution < -0.4 is 5.32 Å². The van der Waals surface area contributed by atoms with Crippen LogP contribution in [0.2, 0.25) is 0 Å². The van der Waals surface area contributed by atoms with Crippen LogP contribution in [0.25, 0.3) is 11.0 Å². The Kier molecular flexibility index (Phi) is 5.54. The summed E-state index contributed by atoms with van der Waals surface area (Å²) in [6.45, 7) is 9.45. The average Bonchev–Trinajstić information content (AvgIpc) is 2.99. The van der Waals surface area contributed by atoms with Crippen LogP contribution >= 0.6 is 0 Å². The van der Waals surface area contributed by atoms with E-state index in [1.807, 2.05) is 58.0 Å². The van der Waals surface area contributed by atoms with E-state index in [0.29, 0.717) is 0 Å². The number of carbonyl (C=O) groups is 2. The quantitative estimate of drug-likeness (QED) is 0.648. The molecule has 0 spiro atoms. The molecule has 0 saturated heterocycles. The SMILES string of the molecule is Cc1cc(C)c(NC(=O)[C@H](C)OC(=O)Cc2coc3cc(C)ccc23)c(C)c1. The number of nitrogens with one attached hydrogen (secondary N) is 1. The van der Waals surface area contributed by atoms with Crippen molar-refractivity contribution < 1.29 is 18.7 Å². The first-order valence-electron chi connectivity index (χ1n) is 9.29. The van der Waals surface area contributed by atoms with Crippen molar-refractivity contribution in [2.24, 2.45) is 0 Å². The minimum atomic E-state index is -0.895. The molecule has 1 heterocycles. The molecule has 0 fully saturated rings. The van der Waals surface area contributed by atoms with E-state index in [-0.39, 0.29) is 12.3 Å². The number of hydrogen-bond acceptors (Lipinski definition) is 4. The molecule has 0 aliphatic rings. The van der Waals surface area contributed by atoms with E-state index in [2.05, 4.69) is 5.32 Å². The highest BCUT2D eigenvalue weighted by atomic mass is 16.5. The lowest BCUT2D eigenvalue weighted by Crippen LogP contribution is -2.31. The Morgan fingerprint density at radius 1 is 1.04 bits per heavy atom. The Hall–Kier alpha value is -3.08. The van der Waals surface area contributed by atoms with Gasteiger partial charge < -0.3 is 14.5 Å². The molecule has 5 heteroatoms. The highest BCUT2D eigenvalue weighted by molar-refractivity contribution is 5.96. The number of carbonyl (C=O) groups excluding carboxylic acids is 2. The van der Waals surface area contributed by atoms with Crippen LogP contribution in [0.15, 0.2) is 41.0 Å². The summed E-state index contributed by atoms with van der Waals surface area (Å²) in [5, 5.41) is 3.75. The second-order valence-corrected chi connectivity index (χ2v) is 7.33. The van der Waals surface area contributed by atoms with Gasteiger partial charge in [-0.25, -0.2) is 0 Å². The van der Waals surface area contributed by atoms with E-state index in [1.165, 1.54) is 0 Å². The molecule has 2 aromatic carbocycles. The molecule has 0 bridgehead atoms. The highest BCUT2D eigenvalue weighted by Crippen LogP contribution is 2.24. The number of rotatable bonds is 5. The maximum atomic E-state index is 12.5. The Balaban J connectivity index is 1.64. The monoisotopic (exact) mass is 379 g/mol. The van der Waals surface area contributed by atoms with Crippen LogP contribution in [-0.4, -0.2) is 18.0 Å². The molecule has 28 heavy (non-hydrogen) atoms. The maximum absolute atomic E-state index is 12.5. The Labute approximate surface area is 164 Å². The molecule has 3 rings (SSSR count). The normalized spacial score (nSPS) is 12.0. The fraction of sp³-hybridized carbons (Fsp3) is 0.304. The summed E-state index contributed by atoms with van der Waals surface area (Å²) in [5.74, 6) is -0.820. The third kappa shape index (κ3) is 4.25. The second-order valence-electron chi connectivity index (χ2n) is 7.33. The fourth-order valence-electron chi connectivity index (χ4n) is 3.38. The number of amides is 1. The van der Waals surface area contributed by atoms with Gasteiger partial charge in [0, 0.05) is 16.6 Å². The van der Waals surface area contributed by atoms with Gasteiger partial charge in [-0.15, -0.1) is 0 Å². The molecule has 1 atom stereocenters. The topological polar surface area (TPSA) is 68.5 Å². The molecule has 0 radical (unpaired) electrons. The van der Waals surface area contributed by atoms with E-state index < -0.39 is 12.1 Å². The Morgan fingerprint density at radius 2 is 1.71 bits per heavy atom. The predicted octanol–water partition coefficient (Wildman–Crippen LogP) is 4.78. The lowest BCUT2D eigenvalue weighted by atomic mass is 10.0. The minimum absolute atomic E-state index is 0.0519. The van der Waals surface area contributed by atoms with E-state index in [1.54, 1.807) is 13.2 Å². The van der Waals surface area contributed by atoms with Gasteiger partial charge in [-0.3, -0.25) is 9.59 Å². The van der Waals surface area contributed by atoms with Crippen molar-refractivity contribution in [3.63, 3.8) is 0 Å². The molecular weight excluding hydrogens is 354 g/mol. The van der Waals surface area contributed by atoms with Crippen LogP contribution in [0.3, 0.4) is 0 Å². The van der Waals surface area contributed by atoms with Crippen molar-refractivity contribution in [2.75, 3.05) is 5.32 Å². The number of anilines is 1. The van der Waals surface area contributed by atoms with Gasteiger partial charge >= 0.3 is 5.97 Å². The molecule has 0 unspecified atom stereocenters. The van der Waals surface area contributed by atoms with Gasteiger partial charge in [-0.1, -0.05) is 29.8 Å². The van der Waals surface area contributed by atoms with Crippen molar-refractivity contribution in [2.45, 2.75) is 47.1 Å². The molecule has 3 aromatic rings. The molecule has 1 aromatic heterocycles. The minimum Gasteiger partial charge on any atom is -0.464 e. The average molecular weight is 379 g/mol. The van der Waals surface area contributed by atoms with Crippen molar-refractivity contribution in [3.8, 4) is 0 Å². The summed E-state index contributed by atoms with van der Waals surface area (Å²) in [4.78, 5) is 24.8. The Bertz CT molecular complexity index is 1020. The molecule has 0 aliphatic heterocycles. The first kappa shape index (κ1) is 19.7. The molecule has 1 N–H and O–H groups in total. The van der Waals surface area contributed by atoms with Crippen LogP contribution in [-0.2, 0) is 20.7 Å². The van der Waals surface area contributed by atoms with Crippen LogP contribution in [0.5, 0.6) is 0 Å². The number of aryl methyl sites for hydroxylation is 4. The lowest BCUT2D eigenvalue weighted by Gasteiger charge is -2.16.